The zero-order valence-electron chi connectivity index (χ0n) is 16.7. The first-order valence-electron chi connectivity index (χ1n) is 9.36. The van der Waals surface area contributed by atoms with Gasteiger partial charge in [-0.1, -0.05) is 54.7 Å². The zero-order valence-corrected chi connectivity index (χ0v) is 17.5. The number of aliphatic hydroxyl groups is 1. The van der Waals surface area contributed by atoms with Crippen LogP contribution in [0.5, 0.6) is 0 Å². The number of hydrogen-bond acceptors (Lipinski definition) is 4. The number of aryl methyl sites for hydroxylation is 2. The average molecular weight is 421 g/mol. The molecule has 0 radical (unpaired) electrons. The molecule has 0 saturated heterocycles. The first-order valence-corrected chi connectivity index (χ1v) is 9.76. The second-order valence-corrected chi connectivity index (χ2v) is 7.32. The lowest BCUT2D eigenvalue weighted by molar-refractivity contribution is -0.576. The molecule has 0 spiro atoms. The maximum absolute atomic E-state index is 11.3. The van der Waals surface area contributed by atoms with Crippen LogP contribution in [0.2, 0.25) is 0 Å². The number of nitro groups is 1. The molecule has 0 aliphatic heterocycles. The van der Waals surface area contributed by atoms with Gasteiger partial charge in [0.2, 0.25) is 0 Å². The topological polar surface area (TPSA) is 79.3 Å². The van der Waals surface area contributed by atoms with Crippen LogP contribution in [0, 0.1) is 24.0 Å². The molecule has 0 amide bonds. The van der Waals surface area contributed by atoms with E-state index in [9.17, 15) is 15.2 Å². The molecule has 152 valence electrons. The number of hydrogen-bond donors (Lipinski definition) is 2. The van der Waals surface area contributed by atoms with E-state index in [4.69, 9.17) is 12.2 Å². The summed E-state index contributed by atoms with van der Waals surface area (Å²) in [6.45, 7) is 4.07. The van der Waals surface area contributed by atoms with E-state index >= 15 is 0 Å². The molecule has 0 bridgehead atoms. The van der Waals surface area contributed by atoms with Crippen LogP contribution in [0.25, 0.3) is 11.5 Å². The Morgan fingerprint density at radius 2 is 1.87 bits per heavy atom. The Labute approximate surface area is 180 Å². The molecule has 0 saturated carbocycles. The van der Waals surface area contributed by atoms with Crippen molar-refractivity contribution in [1.29, 1.82) is 0 Å². The van der Waals surface area contributed by atoms with Gasteiger partial charge in [0.1, 0.15) is 0 Å². The summed E-state index contributed by atoms with van der Waals surface area (Å²) in [5, 5.41) is 25.6. The maximum Gasteiger partial charge on any atom is 0.288 e. The highest BCUT2D eigenvalue weighted by Crippen LogP contribution is 2.25. The van der Waals surface area contributed by atoms with Crippen LogP contribution in [0.15, 0.2) is 73.1 Å². The molecule has 30 heavy (non-hydrogen) atoms. The molecule has 0 atom stereocenters. The monoisotopic (exact) mass is 420 g/mol. The highest BCUT2D eigenvalue weighted by atomic mass is 32.1. The number of aromatic nitrogens is 1. The van der Waals surface area contributed by atoms with Crippen LogP contribution in [0.4, 0.5) is 5.69 Å². The van der Waals surface area contributed by atoms with Crippen molar-refractivity contribution in [3.05, 3.63) is 105 Å². The number of rotatable bonds is 6. The predicted molar refractivity (Wildman–Crippen MR) is 121 cm³/mol. The van der Waals surface area contributed by atoms with Crippen LogP contribution in [-0.4, -0.2) is 15.0 Å². The molecule has 1 heterocycles. The van der Waals surface area contributed by atoms with E-state index in [0.29, 0.717) is 28.4 Å². The Balaban J connectivity index is 2.05. The fourth-order valence-corrected chi connectivity index (χ4v) is 3.31. The number of pyridine rings is 1. The third kappa shape index (κ3) is 4.87. The highest BCUT2D eigenvalue weighted by molar-refractivity contribution is 7.81. The third-order valence-corrected chi connectivity index (χ3v) is 4.96. The second-order valence-electron chi connectivity index (χ2n) is 6.91. The SMILES string of the molecule is Cc1ccc[n+](/C(C(=S)NCc2ccccc2)=C(/O)c2ccc(C)c([N+](=O)[O-])c2)c1. The summed E-state index contributed by atoms with van der Waals surface area (Å²) in [6.07, 6.45) is 3.61. The van der Waals surface area contributed by atoms with Crippen molar-refractivity contribution in [1.82, 2.24) is 5.32 Å². The number of nitro benzene ring substituents is 1. The van der Waals surface area contributed by atoms with Crippen LogP contribution >= 0.6 is 12.2 Å². The Morgan fingerprint density at radius 1 is 1.13 bits per heavy atom. The molecule has 3 rings (SSSR count). The highest BCUT2D eigenvalue weighted by Gasteiger charge is 2.25. The molecule has 2 aromatic carbocycles. The summed E-state index contributed by atoms with van der Waals surface area (Å²) in [7, 11) is 0. The summed E-state index contributed by atoms with van der Waals surface area (Å²) in [5.41, 5.74) is 3.15. The normalized spacial score (nSPS) is 11.5. The van der Waals surface area contributed by atoms with Gasteiger partial charge in [0, 0.05) is 35.4 Å². The summed E-state index contributed by atoms with van der Waals surface area (Å²) < 4.78 is 1.72. The van der Waals surface area contributed by atoms with Gasteiger partial charge in [-0.15, -0.1) is 0 Å². The van der Waals surface area contributed by atoms with Gasteiger partial charge in [0.25, 0.3) is 11.4 Å². The Kier molecular flexibility index (Phi) is 6.54. The number of aliphatic hydroxyl groups excluding tert-OH is 1. The van der Waals surface area contributed by atoms with Crippen LogP contribution in [-0.2, 0) is 6.54 Å². The minimum Gasteiger partial charge on any atom is -0.502 e. The first kappa shape index (κ1) is 21.1. The Bertz CT molecular complexity index is 1130. The molecule has 0 aliphatic rings. The number of nitrogens with zero attached hydrogens (tertiary/aromatic N) is 2. The van der Waals surface area contributed by atoms with Crippen LogP contribution in [0.3, 0.4) is 0 Å². The fourth-order valence-electron chi connectivity index (χ4n) is 3.03. The Hall–Kier alpha value is -3.58. The molecule has 0 unspecified atom stereocenters. The molecule has 0 fully saturated rings. The molecule has 3 aromatic rings. The van der Waals surface area contributed by atoms with E-state index in [2.05, 4.69) is 5.32 Å². The summed E-state index contributed by atoms with van der Waals surface area (Å²) in [4.78, 5) is 11.2. The lowest BCUT2D eigenvalue weighted by Crippen LogP contribution is -2.41. The van der Waals surface area contributed by atoms with Gasteiger partial charge in [0.15, 0.2) is 23.1 Å². The van der Waals surface area contributed by atoms with Crippen LogP contribution in [0.1, 0.15) is 22.3 Å². The summed E-state index contributed by atoms with van der Waals surface area (Å²) >= 11 is 5.60. The van der Waals surface area contributed by atoms with Crippen molar-refractivity contribution in [2.45, 2.75) is 20.4 Å². The van der Waals surface area contributed by atoms with E-state index in [0.717, 1.165) is 11.1 Å². The van der Waals surface area contributed by atoms with Crippen molar-refractivity contribution in [3.63, 3.8) is 0 Å². The molecule has 2 N–H and O–H groups in total. The minimum atomic E-state index is -0.461. The molecular formula is C23H22N3O3S+. The largest absolute Gasteiger partial charge is 0.502 e. The fraction of sp³-hybridized carbons (Fsp3) is 0.130. The van der Waals surface area contributed by atoms with Gasteiger partial charge >= 0.3 is 0 Å². The van der Waals surface area contributed by atoms with Crippen molar-refractivity contribution >= 4 is 34.3 Å². The molecule has 0 aliphatic carbocycles. The van der Waals surface area contributed by atoms with E-state index in [1.807, 2.05) is 55.6 Å². The number of thiocarbonyl (C=S) groups is 1. The lowest BCUT2D eigenvalue weighted by atomic mass is 10.1. The lowest BCUT2D eigenvalue weighted by Gasteiger charge is -2.11. The van der Waals surface area contributed by atoms with Crippen LogP contribution < -0.4 is 9.88 Å². The summed E-state index contributed by atoms with van der Waals surface area (Å²) in [5.74, 6) is -0.140. The van der Waals surface area contributed by atoms with Crippen molar-refractivity contribution in [2.24, 2.45) is 0 Å². The first-order chi connectivity index (χ1) is 14.4. The molecule has 1 aromatic heterocycles. The van der Waals surface area contributed by atoms with E-state index in [1.54, 1.807) is 29.8 Å². The minimum absolute atomic E-state index is 0.0594. The van der Waals surface area contributed by atoms with Crippen molar-refractivity contribution in [3.8, 4) is 0 Å². The van der Waals surface area contributed by atoms with Gasteiger partial charge in [0.05, 0.1) is 4.92 Å². The molecule has 6 nitrogen and oxygen atoms in total. The zero-order chi connectivity index (χ0) is 21.7. The van der Waals surface area contributed by atoms with Gasteiger partial charge in [-0.3, -0.25) is 10.1 Å². The Morgan fingerprint density at radius 3 is 2.53 bits per heavy atom. The quantitative estimate of drug-likeness (QED) is 0.153. The maximum atomic E-state index is 11.3. The number of benzene rings is 2. The van der Waals surface area contributed by atoms with Gasteiger partial charge in [-0.25, -0.2) is 0 Å². The van der Waals surface area contributed by atoms with Gasteiger partial charge < -0.3 is 10.4 Å². The summed E-state index contributed by atoms with van der Waals surface area (Å²) in [6, 6.07) is 18.2. The standard InChI is InChI=1S/C23H21N3O3S/c1-16-7-6-12-25(15-16)21(23(30)24-14-18-8-4-3-5-9-18)22(27)19-11-10-17(2)20(13-19)26(28)29/h3-13,15H,14H2,1-2H3,(H-,24,27,30)/p+1. The second kappa shape index (κ2) is 9.28. The molecular weight excluding hydrogens is 398 g/mol. The number of nitrogens with one attached hydrogen (secondary N) is 1. The van der Waals surface area contributed by atoms with Gasteiger partial charge in [-0.2, -0.15) is 4.57 Å². The molecule has 7 heteroatoms. The van der Waals surface area contributed by atoms with Crippen molar-refractivity contribution in [2.75, 3.05) is 0 Å². The average Bonchev–Trinajstić information content (AvgIpc) is 2.73. The van der Waals surface area contributed by atoms with E-state index in [1.165, 1.54) is 6.07 Å². The van der Waals surface area contributed by atoms with Gasteiger partial charge in [-0.05, 0) is 25.5 Å². The predicted octanol–water partition coefficient (Wildman–Crippen LogP) is 4.50. The van der Waals surface area contributed by atoms with E-state index < -0.39 is 4.92 Å². The third-order valence-electron chi connectivity index (χ3n) is 4.62. The van der Waals surface area contributed by atoms with E-state index in [-0.39, 0.29) is 11.4 Å². The van der Waals surface area contributed by atoms with Crippen molar-refractivity contribution < 1.29 is 14.6 Å². The smallest absolute Gasteiger partial charge is 0.288 e.